The number of aliphatic carboxylic acids is 1. The molecule has 0 saturated carbocycles. The Bertz CT molecular complexity index is 824. The van der Waals surface area contributed by atoms with Gasteiger partial charge in [-0.2, -0.15) is 0 Å². The number of carbonyl (C=O) groups excluding carboxylic acids is 2. The van der Waals surface area contributed by atoms with Crippen molar-refractivity contribution in [2.45, 2.75) is 0 Å². The molecule has 0 aliphatic carbocycles. The summed E-state index contributed by atoms with van der Waals surface area (Å²) in [5, 5.41) is 14.1. The first-order valence-corrected chi connectivity index (χ1v) is 8.98. The Labute approximate surface area is 158 Å². The van der Waals surface area contributed by atoms with Crippen molar-refractivity contribution in [3.05, 3.63) is 66.2 Å². The molecule has 1 fully saturated rings. The lowest BCUT2D eigenvalue weighted by atomic mass is 10.1. The van der Waals surface area contributed by atoms with Crippen molar-refractivity contribution < 1.29 is 19.6 Å². The van der Waals surface area contributed by atoms with Crippen molar-refractivity contribution in [2.75, 3.05) is 43.4 Å². The number of nitrogens with zero attached hydrogens (tertiary/aromatic N) is 1. The van der Waals surface area contributed by atoms with E-state index in [0.29, 0.717) is 11.3 Å². The summed E-state index contributed by atoms with van der Waals surface area (Å²) < 4.78 is 0. The Kier molecular flexibility index (Phi) is 5.88. The number of likely N-dealkylation sites (N-methyl/N-ethyl adjacent to an activating group) is 1. The highest BCUT2D eigenvalue weighted by Gasteiger charge is 2.16. The van der Waals surface area contributed by atoms with E-state index in [0.717, 1.165) is 37.9 Å². The molecule has 1 saturated heterocycles. The van der Waals surface area contributed by atoms with Crippen LogP contribution in [0.25, 0.3) is 5.57 Å². The summed E-state index contributed by atoms with van der Waals surface area (Å²) in [5.41, 5.74) is 2.02. The summed E-state index contributed by atoms with van der Waals surface area (Å²) >= 11 is 0. The molecule has 3 rings (SSSR count). The van der Waals surface area contributed by atoms with Crippen molar-refractivity contribution in [2.24, 2.45) is 0 Å². The molecule has 2 aromatic rings. The molecule has 27 heavy (non-hydrogen) atoms. The Morgan fingerprint density at radius 2 is 1.67 bits per heavy atom. The molecule has 6 nitrogen and oxygen atoms in total. The molecule has 1 aliphatic rings. The summed E-state index contributed by atoms with van der Waals surface area (Å²) in [6, 6.07) is 16.0. The van der Waals surface area contributed by atoms with Crippen LogP contribution in [-0.2, 0) is 9.59 Å². The third kappa shape index (κ3) is 4.95. The van der Waals surface area contributed by atoms with Crippen LogP contribution in [0.5, 0.6) is 0 Å². The molecule has 2 N–H and O–H groups in total. The predicted octanol–water partition coefficient (Wildman–Crippen LogP) is -0.207. The Hall–Kier alpha value is -3.12. The van der Waals surface area contributed by atoms with E-state index in [1.54, 1.807) is 30.3 Å². The third-order valence-electron chi connectivity index (χ3n) is 4.70. The average Bonchev–Trinajstić information content (AvgIpc) is 2.68. The number of piperazine rings is 1. The molecule has 0 radical (unpaired) electrons. The number of quaternary nitrogens is 1. The largest absolute Gasteiger partial charge is 0.545 e. The quantitative estimate of drug-likeness (QED) is 0.719. The highest BCUT2D eigenvalue weighted by atomic mass is 16.4. The minimum absolute atomic E-state index is 0.148. The van der Waals surface area contributed by atoms with E-state index in [9.17, 15) is 14.7 Å². The fraction of sp³-hybridized carbons (Fsp3) is 0.238. The fourth-order valence-corrected chi connectivity index (χ4v) is 3.09. The van der Waals surface area contributed by atoms with Gasteiger partial charge in [0.25, 0.3) is 0 Å². The lowest BCUT2D eigenvalue weighted by molar-refractivity contribution is -0.880. The van der Waals surface area contributed by atoms with Gasteiger partial charge in [-0.3, -0.25) is 4.79 Å². The van der Waals surface area contributed by atoms with Gasteiger partial charge in [-0.15, -0.1) is 0 Å². The van der Waals surface area contributed by atoms with Gasteiger partial charge in [0.15, 0.2) is 0 Å². The average molecular weight is 365 g/mol. The first-order chi connectivity index (χ1) is 13.0. The highest BCUT2D eigenvalue weighted by molar-refractivity contribution is 6.21. The summed E-state index contributed by atoms with van der Waals surface area (Å²) in [6.45, 7) is 4.22. The van der Waals surface area contributed by atoms with Gasteiger partial charge in [0.2, 0.25) is 5.91 Å². The molecule has 0 unspecified atom stereocenters. The maximum atomic E-state index is 12.2. The molecular formula is C21H23N3O3. The van der Waals surface area contributed by atoms with E-state index in [-0.39, 0.29) is 5.57 Å². The zero-order chi connectivity index (χ0) is 19.2. The lowest BCUT2D eigenvalue weighted by Gasteiger charge is -2.31. The van der Waals surface area contributed by atoms with Crippen molar-refractivity contribution in [3.8, 4) is 0 Å². The van der Waals surface area contributed by atoms with Crippen LogP contribution in [0.3, 0.4) is 0 Å². The fourth-order valence-electron chi connectivity index (χ4n) is 3.09. The number of hydrogen-bond donors (Lipinski definition) is 2. The van der Waals surface area contributed by atoms with Crippen LogP contribution in [0.15, 0.2) is 60.7 Å². The van der Waals surface area contributed by atoms with E-state index in [1.807, 2.05) is 24.3 Å². The van der Waals surface area contributed by atoms with Crippen LogP contribution in [0.4, 0.5) is 11.4 Å². The zero-order valence-corrected chi connectivity index (χ0v) is 15.3. The maximum absolute atomic E-state index is 12.2. The van der Waals surface area contributed by atoms with Gasteiger partial charge in [0.1, 0.15) is 0 Å². The molecule has 2 aromatic carbocycles. The van der Waals surface area contributed by atoms with Crippen LogP contribution in [0.1, 0.15) is 5.56 Å². The molecule has 6 heteroatoms. The minimum Gasteiger partial charge on any atom is -0.545 e. The normalized spacial score (nSPS) is 15.4. The number of amides is 1. The number of hydrogen-bond acceptors (Lipinski definition) is 4. The van der Waals surface area contributed by atoms with Crippen LogP contribution in [0, 0.1) is 0 Å². The standard InChI is InChI=1S/C21H23N3O3/c1-23-11-13-24(14-12-23)18-9-7-17(8-10-18)22-20(25)15-19(21(26)27)16-5-3-2-4-6-16/h2-10,15H,11-14H2,1H3,(H,22,25)(H,26,27)/b19-15+. The van der Waals surface area contributed by atoms with E-state index in [2.05, 4.69) is 17.3 Å². The molecule has 0 aromatic heterocycles. The second kappa shape index (κ2) is 8.51. The number of carbonyl (C=O) groups is 2. The second-order valence-corrected chi connectivity index (χ2v) is 6.69. The Balaban J connectivity index is 1.67. The third-order valence-corrected chi connectivity index (χ3v) is 4.70. The van der Waals surface area contributed by atoms with Gasteiger partial charge in [-0.05, 0) is 29.8 Å². The SMILES string of the molecule is C[NH+]1CCN(c2ccc(NC(=O)/C=C(/C(=O)[O-])c3ccccc3)cc2)CC1. The molecule has 0 bridgehead atoms. The van der Waals surface area contributed by atoms with Crippen LogP contribution in [0.2, 0.25) is 0 Å². The monoisotopic (exact) mass is 365 g/mol. The molecule has 1 heterocycles. The minimum atomic E-state index is -1.39. The molecule has 1 aliphatic heterocycles. The van der Waals surface area contributed by atoms with Crippen molar-refractivity contribution in [1.82, 2.24) is 0 Å². The van der Waals surface area contributed by atoms with Crippen molar-refractivity contribution >= 4 is 28.8 Å². The van der Waals surface area contributed by atoms with Gasteiger partial charge in [-0.1, -0.05) is 30.3 Å². The summed E-state index contributed by atoms with van der Waals surface area (Å²) in [4.78, 5) is 27.4. The highest BCUT2D eigenvalue weighted by Crippen LogP contribution is 2.19. The number of anilines is 2. The molecule has 0 atom stereocenters. The smallest absolute Gasteiger partial charge is 0.249 e. The van der Waals surface area contributed by atoms with E-state index in [1.165, 1.54) is 4.90 Å². The summed E-state index contributed by atoms with van der Waals surface area (Å²) in [6.07, 6.45) is 1.06. The molecule has 1 amide bonds. The zero-order valence-electron chi connectivity index (χ0n) is 15.3. The van der Waals surface area contributed by atoms with Gasteiger partial charge in [0, 0.05) is 23.0 Å². The summed E-state index contributed by atoms with van der Waals surface area (Å²) in [7, 11) is 2.19. The Morgan fingerprint density at radius 1 is 1.04 bits per heavy atom. The van der Waals surface area contributed by atoms with Gasteiger partial charge < -0.3 is 25.0 Å². The molecule has 0 spiro atoms. The second-order valence-electron chi connectivity index (χ2n) is 6.69. The Morgan fingerprint density at radius 3 is 2.26 bits per heavy atom. The van der Waals surface area contributed by atoms with E-state index < -0.39 is 11.9 Å². The molecule has 140 valence electrons. The lowest BCUT2D eigenvalue weighted by Crippen LogP contribution is -3.12. The number of carboxylic acids is 1. The van der Waals surface area contributed by atoms with Crippen molar-refractivity contribution in [1.29, 1.82) is 0 Å². The molecular weight excluding hydrogens is 342 g/mol. The van der Waals surface area contributed by atoms with Crippen LogP contribution in [-0.4, -0.2) is 45.1 Å². The first-order valence-electron chi connectivity index (χ1n) is 8.98. The maximum Gasteiger partial charge on any atom is 0.249 e. The predicted molar refractivity (Wildman–Crippen MR) is 103 cm³/mol. The number of carboxylic acid groups (broad SMARTS) is 1. The number of nitrogens with one attached hydrogen (secondary N) is 2. The van der Waals surface area contributed by atoms with E-state index >= 15 is 0 Å². The van der Waals surface area contributed by atoms with Gasteiger partial charge >= 0.3 is 0 Å². The van der Waals surface area contributed by atoms with Crippen molar-refractivity contribution in [3.63, 3.8) is 0 Å². The first kappa shape index (κ1) is 18.7. The number of rotatable bonds is 5. The number of benzene rings is 2. The van der Waals surface area contributed by atoms with Gasteiger partial charge in [0.05, 0.1) is 39.2 Å². The topological polar surface area (TPSA) is 76.9 Å². The van der Waals surface area contributed by atoms with Crippen LogP contribution >= 0.6 is 0 Å². The van der Waals surface area contributed by atoms with Crippen LogP contribution < -0.4 is 20.2 Å². The van der Waals surface area contributed by atoms with Gasteiger partial charge in [-0.25, -0.2) is 0 Å². The van der Waals surface area contributed by atoms with E-state index in [4.69, 9.17) is 0 Å². The summed E-state index contributed by atoms with van der Waals surface area (Å²) in [5.74, 6) is -1.89.